The van der Waals surface area contributed by atoms with Gasteiger partial charge in [0, 0.05) is 18.7 Å². The first-order chi connectivity index (χ1) is 8.02. The van der Waals surface area contributed by atoms with Gasteiger partial charge in [-0.05, 0) is 6.42 Å². The first-order valence-electron chi connectivity index (χ1n) is 6.49. The van der Waals surface area contributed by atoms with Crippen molar-refractivity contribution in [3.05, 3.63) is 0 Å². The predicted octanol–water partition coefficient (Wildman–Crippen LogP) is 1.90. The summed E-state index contributed by atoms with van der Waals surface area (Å²) in [6, 6.07) is 0. The molecular formula is C12H25NO3S. The van der Waals surface area contributed by atoms with Gasteiger partial charge < -0.3 is 5.32 Å². The molecule has 0 aromatic carbocycles. The molecule has 0 aliphatic carbocycles. The average molecular weight is 263 g/mol. The van der Waals surface area contributed by atoms with Crippen molar-refractivity contribution in [2.24, 2.45) is 0 Å². The SMILES string of the molecule is CCCCCCCC(=O)NCCS(=O)(=O)CC. The van der Waals surface area contributed by atoms with Crippen molar-refractivity contribution in [3.63, 3.8) is 0 Å². The summed E-state index contributed by atoms with van der Waals surface area (Å²) in [5.74, 6) is 0.151. The predicted molar refractivity (Wildman–Crippen MR) is 70.7 cm³/mol. The Hall–Kier alpha value is -0.580. The van der Waals surface area contributed by atoms with Gasteiger partial charge in [-0.2, -0.15) is 0 Å². The normalized spacial score (nSPS) is 11.4. The molecule has 0 aromatic heterocycles. The molecule has 0 bridgehead atoms. The highest BCUT2D eigenvalue weighted by molar-refractivity contribution is 7.91. The Morgan fingerprint density at radius 3 is 2.29 bits per heavy atom. The minimum Gasteiger partial charge on any atom is -0.355 e. The van der Waals surface area contributed by atoms with E-state index < -0.39 is 9.84 Å². The molecule has 0 saturated heterocycles. The number of nitrogens with one attached hydrogen (secondary N) is 1. The fraction of sp³-hybridized carbons (Fsp3) is 0.917. The number of rotatable bonds is 10. The van der Waals surface area contributed by atoms with Crippen molar-refractivity contribution in [2.75, 3.05) is 18.1 Å². The lowest BCUT2D eigenvalue weighted by Crippen LogP contribution is -2.29. The maximum absolute atomic E-state index is 11.3. The van der Waals surface area contributed by atoms with Crippen molar-refractivity contribution >= 4 is 15.7 Å². The van der Waals surface area contributed by atoms with Crippen molar-refractivity contribution in [3.8, 4) is 0 Å². The molecule has 0 aliphatic heterocycles. The van der Waals surface area contributed by atoms with E-state index in [-0.39, 0.29) is 24.0 Å². The summed E-state index contributed by atoms with van der Waals surface area (Å²) in [6.07, 6.45) is 6.07. The molecular weight excluding hydrogens is 238 g/mol. The summed E-state index contributed by atoms with van der Waals surface area (Å²) in [4.78, 5) is 11.3. The molecule has 1 N–H and O–H groups in total. The summed E-state index contributed by atoms with van der Waals surface area (Å²) >= 11 is 0. The maximum atomic E-state index is 11.3. The van der Waals surface area contributed by atoms with E-state index in [0.29, 0.717) is 6.42 Å². The number of carbonyl (C=O) groups is 1. The number of sulfone groups is 1. The first kappa shape index (κ1) is 16.4. The van der Waals surface area contributed by atoms with Gasteiger partial charge in [0.25, 0.3) is 0 Å². The van der Waals surface area contributed by atoms with Crippen LogP contribution in [0.4, 0.5) is 0 Å². The van der Waals surface area contributed by atoms with E-state index in [0.717, 1.165) is 12.8 Å². The van der Waals surface area contributed by atoms with Gasteiger partial charge in [-0.1, -0.05) is 39.5 Å². The second-order valence-corrected chi connectivity index (χ2v) is 6.72. The Bertz CT molecular complexity index is 299. The molecule has 0 atom stereocenters. The van der Waals surface area contributed by atoms with Crippen LogP contribution in [0.2, 0.25) is 0 Å². The molecule has 0 fully saturated rings. The van der Waals surface area contributed by atoms with Crippen molar-refractivity contribution in [1.29, 1.82) is 0 Å². The van der Waals surface area contributed by atoms with Crippen LogP contribution in [-0.2, 0) is 14.6 Å². The van der Waals surface area contributed by atoms with E-state index in [1.54, 1.807) is 6.92 Å². The van der Waals surface area contributed by atoms with Crippen molar-refractivity contribution < 1.29 is 13.2 Å². The second kappa shape index (κ2) is 9.45. The van der Waals surface area contributed by atoms with Crippen LogP contribution >= 0.6 is 0 Å². The Labute approximate surface area is 105 Å². The third-order valence-electron chi connectivity index (χ3n) is 2.68. The topological polar surface area (TPSA) is 63.2 Å². The van der Waals surface area contributed by atoms with E-state index in [1.807, 2.05) is 0 Å². The van der Waals surface area contributed by atoms with Gasteiger partial charge in [-0.3, -0.25) is 4.79 Å². The standard InChI is InChI=1S/C12H25NO3S/c1-3-5-6-7-8-9-12(14)13-10-11-17(15,16)4-2/h3-11H2,1-2H3,(H,13,14). The largest absolute Gasteiger partial charge is 0.355 e. The highest BCUT2D eigenvalue weighted by Gasteiger charge is 2.07. The number of unbranched alkanes of at least 4 members (excludes halogenated alkanes) is 4. The lowest BCUT2D eigenvalue weighted by Gasteiger charge is -2.05. The summed E-state index contributed by atoms with van der Waals surface area (Å²) in [6.45, 7) is 4.01. The van der Waals surface area contributed by atoms with Gasteiger partial charge in [0.1, 0.15) is 0 Å². The molecule has 4 nitrogen and oxygen atoms in total. The van der Waals surface area contributed by atoms with Crippen LogP contribution in [0.5, 0.6) is 0 Å². The highest BCUT2D eigenvalue weighted by Crippen LogP contribution is 2.04. The summed E-state index contributed by atoms with van der Waals surface area (Å²) in [5, 5.41) is 2.65. The van der Waals surface area contributed by atoms with Crippen LogP contribution in [0.25, 0.3) is 0 Å². The van der Waals surface area contributed by atoms with E-state index in [9.17, 15) is 13.2 Å². The minimum atomic E-state index is -2.96. The number of hydrogen-bond acceptors (Lipinski definition) is 3. The zero-order valence-corrected chi connectivity index (χ0v) is 11.8. The Morgan fingerprint density at radius 1 is 1.06 bits per heavy atom. The van der Waals surface area contributed by atoms with E-state index in [4.69, 9.17) is 0 Å². The fourth-order valence-corrected chi connectivity index (χ4v) is 2.17. The molecule has 0 rings (SSSR count). The Balaban J connectivity index is 3.47. The zero-order chi connectivity index (χ0) is 13.1. The fourth-order valence-electron chi connectivity index (χ4n) is 1.47. The maximum Gasteiger partial charge on any atom is 0.220 e. The summed E-state index contributed by atoms with van der Waals surface area (Å²) in [7, 11) is -2.96. The summed E-state index contributed by atoms with van der Waals surface area (Å²) in [5.41, 5.74) is 0. The van der Waals surface area contributed by atoms with E-state index >= 15 is 0 Å². The third kappa shape index (κ3) is 10.3. The van der Waals surface area contributed by atoms with Crippen LogP contribution in [0.15, 0.2) is 0 Å². The molecule has 5 heteroatoms. The van der Waals surface area contributed by atoms with Crippen LogP contribution in [0.1, 0.15) is 52.4 Å². The van der Waals surface area contributed by atoms with Crippen LogP contribution in [0.3, 0.4) is 0 Å². The van der Waals surface area contributed by atoms with Crippen molar-refractivity contribution in [2.45, 2.75) is 52.4 Å². The van der Waals surface area contributed by atoms with E-state index in [1.165, 1.54) is 19.3 Å². The third-order valence-corrected chi connectivity index (χ3v) is 4.39. The Kier molecular flexibility index (Phi) is 9.13. The average Bonchev–Trinajstić information content (AvgIpc) is 2.28. The van der Waals surface area contributed by atoms with Gasteiger partial charge in [-0.15, -0.1) is 0 Å². The number of carbonyl (C=O) groups excluding carboxylic acids is 1. The molecule has 0 aliphatic rings. The smallest absolute Gasteiger partial charge is 0.220 e. The molecule has 0 saturated carbocycles. The Morgan fingerprint density at radius 2 is 1.71 bits per heavy atom. The first-order valence-corrected chi connectivity index (χ1v) is 8.31. The number of amides is 1. The molecule has 0 heterocycles. The molecule has 0 aromatic rings. The lowest BCUT2D eigenvalue weighted by molar-refractivity contribution is -0.121. The molecule has 17 heavy (non-hydrogen) atoms. The van der Waals surface area contributed by atoms with Crippen LogP contribution in [0, 0.1) is 0 Å². The quantitative estimate of drug-likeness (QED) is 0.612. The molecule has 0 unspecified atom stereocenters. The van der Waals surface area contributed by atoms with Gasteiger partial charge >= 0.3 is 0 Å². The van der Waals surface area contributed by atoms with Crippen LogP contribution < -0.4 is 5.32 Å². The van der Waals surface area contributed by atoms with Gasteiger partial charge in [0.2, 0.25) is 5.91 Å². The van der Waals surface area contributed by atoms with Crippen molar-refractivity contribution in [1.82, 2.24) is 5.32 Å². The molecule has 0 spiro atoms. The van der Waals surface area contributed by atoms with E-state index in [2.05, 4.69) is 12.2 Å². The van der Waals surface area contributed by atoms with Gasteiger partial charge in [0.15, 0.2) is 9.84 Å². The monoisotopic (exact) mass is 263 g/mol. The minimum absolute atomic E-state index is 0.0344. The molecule has 0 radical (unpaired) electrons. The second-order valence-electron chi connectivity index (χ2n) is 4.25. The van der Waals surface area contributed by atoms with Gasteiger partial charge in [-0.25, -0.2) is 8.42 Å². The lowest BCUT2D eigenvalue weighted by atomic mass is 10.1. The van der Waals surface area contributed by atoms with Gasteiger partial charge in [0.05, 0.1) is 5.75 Å². The highest BCUT2D eigenvalue weighted by atomic mass is 32.2. The zero-order valence-electron chi connectivity index (χ0n) is 11.0. The molecule has 102 valence electrons. The number of hydrogen-bond donors (Lipinski definition) is 1. The van der Waals surface area contributed by atoms with Crippen LogP contribution in [-0.4, -0.2) is 32.4 Å². The molecule has 1 amide bonds. The summed E-state index contributed by atoms with van der Waals surface area (Å²) < 4.78 is 22.3.